The topological polar surface area (TPSA) is 142 Å². The number of hydrogen-bond acceptors (Lipinski definition) is 8. The molecule has 0 aliphatic heterocycles. The van der Waals surface area contributed by atoms with Gasteiger partial charge >= 0.3 is 5.97 Å². The minimum Gasteiger partial charge on any atom is -0.477 e. The zero-order valence-corrected chi connectivity index (χ0v) is 18.1. The average molecular weight is 451 g/mol. The summed E-state index contributed by atoms with van der Waals surface area (Å²) in [6.45, 7) is 0. The normalized spacial score (nSPS) is 14.0. The van der Waals surface area contributed by atoms with Gasteiger partial charge in [-0.1, -0.05) is 11.6 Å². The molecule has 3 rings (SSSR count). The van der Waals surface area contributed by atoms with E-state index < -0.39 is 11.5 Å². The van der Waals surface area contributed by atoms with Gasteiger partial charge in [-0.15, -0.1) is 0 Å². The second-order valence-electron chi connectivity index (χ2n) is 7.42. The Morgan fingerprint density at radius 2 is 2.03 bits per heavy atom. The maximum absolute atomic E-state index is 11.3. The quantitative estimate of drug-likeness (QED) is 0.313. The maximum Gasteiger partial charge on any atom is 0.354 e. The van der Waals surface area contributed by atoms with Crippen molar-refractivity contribution in [3.8, 4) is 12.1 Å². The van der Waals surface area contributed by atoms with Crippen molar-refractivity contribution in [3.63, 3.8) is 0 Å². The molecule has 1 heterocycles. The number of rotatable bonds is 8. The van der Waals surface area contributed by atoms with Crippen LogP contribution in [0.25, 0.3) is 5.70 Å². The van der Waals surface area contributed by atoms with Gasteiger partial charge in [-0.25, -0.2) is 9.78 Å². The molecule has 2 aromatic rings. The molecule has 1 aromatic heterocycles. The third-order valence-electron chi connectivity index (χ3n) is 4.93. The molecule has 1 aromatic carbocycles. The second kappa shape index (κ2) is 8.96. The van der Waals surface area contributed by atoms with Crippen LogP contribution in [0, 0.1) is 22.7 Å². The van der Waals surface area contributed by atoms with Crippen LogP contribution in [0.2, 0.25) is 5.15 Å². The lowest BCUT2D eigenvalue weighted by atomic mass is 10.1. The number of hydrogen-bond donors (Lipinski definition) is 3. The molecule has 9 nitrogen and oxygen atoms in total. The summed E-state index contributed by atoms with van der Waals surface area (Å²) in [7, 11) is 3.69. The highest BCUT2D eigenvalue weighted by molar-refractivity contribution is 6.31. The van der Waals surface area contributed by atoms with Gasteiger partial charge < -0.3 is 20.6 Å². The van der Waals surface area contributed by atoms with Gasteiger partial charge in [0.1, 0.15) is 28.6 Å². The first kappa shape index (κ1) is 22.6. The smallest absolute Gasteiger partial charge is 0.354 e. The molecule has 0 atom stereocenters. The van der Waals surface area contributed by atoms with Crippen LogP contribution >= 0.6 is 11.6 Å². The van der Waals surface area contributed by atoms with Crippen molar-refractivity contribution in [1.82, 2.24) is 10.3 Å². The summed E-state index contributed by atoms with van der Waals surface area (Å²) in [6, 6.07) is 10.7. The first-order chi connectivity index (χ1) is 15.2. The number of nitriles is 2. The van der Waals surface area contributed by atoms with Crippen LogP contribution in [-0.2, 0) is 4.79 Å². The minimum absolute atomic E-state index is 0.00176. The van der Waals surface area contributed by atoms with Crippen molar-refractivity contribution < 1.29 is 14.7 Å². The van der Waals surface area contributed by atoms with Crippen molar-refractivity contribution in [2.75, 3.05) is 24.3 Å². The summed E-state index contributed by atoms with van der Waals surface area (Å²) in [5.74, 6) is -1.28. The van der Waals surface area contributed by atoms with E-state index in [1.807, 2.05) is 25.1 Å². The minimum atomic E-state index is -1.28. The Kier molecular flexibility index (Phi) is 6.33. The number of pyridine rings is 1. The van der Waals surface area contributed by atoms with Gasteiger partial charge in [0.25, 0.3) is 0 Å². The van der Waals surface area contributed by atoms with Crippen molar-refractivity contribution in [2.24, 2.45) is 0 Å². The van der Waals surface area contributed by atoms with Crippen LogP contribution in [0.15, 0.2) is 30.3 Å². The van der Waals surface area contributed by atoms with Gasteiger partial charge in [-0.2, -0.15) is 10.5 Å². The molecule has 32 heavy (non-hydrogen) atoms. The molecule has 1 aliphatic carbocycles. The lowest BCUT2D eigenvalue weighted by Crippen LogP contribution is -2.29. The summed E-state index contributed by atoms with van der Waals surface area (Å²) in [4.78, 5) is 28.2. The largest absolute Gasteiger partial charge is 0.477 e. The van der Waals surface area contributed by atoms with E-state index in [1.165, 1.54) is 12.1 Å². The number of aromatic nitrogens is 1. The fourth-order valence-corrected chi connectivity index (χ4v) is 3.35. The molecule has 0 radical (unpaired) electrons. The molecule has 0 amide bonds. The number of carbonyl (C=O) groups is 2. The lowest BCUT2D eigenvalue weighted by Gasteiger charge is -2.23. The molecule has 0 bridgehead atoms. The molecular formula is C22H19ClN6O3. The van der Waals surface area contributed by atoms with Gasteiger partial charge in [0.05, 0.1) is 11.8 Å². The Balaban J connectivity index is 2.08. The van der Waals surface area contributed by atoms with E-state index in [1.54, 1.807) is 18.2 Å². The Hall–Kier alpha value is -4.08. The predicted octanol–water partition coefficient (Wildman–Crippen LogP) is 3.30. The van der Waals surface area contributed by atoms with E-state index in [0.29, 0.717) is 36.1 Å². The summed E-state index contributed by atoms with van der Waals surface area (Å²) >= 11 is 6.00. The van der Waals surface area contributed by atoms with Crippen molar-refractivity contribution in [1.29, 1.82) is 10.5 Å². The molecule has 162 valence electrons. The number of halogens is 1. The van der Waals surface area contributed by atoms with Crippen LogP contribution in [0.5, 0.6) is 0 Å². The maximum atomic E-state index is 11.3. The highest BCUT2D eigenvalue weighted by atomic mass is 35.5. The van der Waals surface area contributed by atoms with Crippen LogP contribution in [-0.4, -0.2) is 42.0 Å². The molecule has 1 saturated carbocycles. The molecular weight excluding hydrogens is 432 g/mol. The fourth-order valence-electron chi connectivity index (χ4n) is 3.12. The van der Waals surface area contributed by atoms with Gasteiger partial charge in [0.2, 0.25) is 0 Å². The highest BCUT2D eigenvalue weighted by Crippen LogP contribution is 2.39. The zero-order chi connectivity index (χ0) is 23.5. The summed E-state index contributed by atoms with van der Waals surface area (Å²) in [5.41, 5.74) is 1.58. The number of nitrogens with one attached hydrogen (secondary N) is 2. The lowest BCUT2D eigenvalue weighted by molar-refractivity contribution is -0.104. The molecule has 0 unspecified atom stereocenters. The monoisotopic (exact) mass is 450 g/mol. The van der Waals surface area contributed by atoms with E-state index >= 15 is 0 Å². The number of benzene rings is 1. The molecule has 0 spiro atoms. The zero-order valence-electron chi connectivity index (χ0n) is 17.3. The average Bonchev–Trinajstić information content (AvgIpc) is 3.53. The Bertz CT molecular complexity index is 1210. The number of aromatic carboxylic acids is 1. The van der Waals surface area contributed by atoms with E-state index in [4.69, 9.17) is 11.6 Å². The predicted molar refractivity (Wildman–Crippen MR) is 120 cm³/mol. The molecule has 0 saturated heterocycles. The number of nitrogens with zero attached hydrogens (tertiary/aromatic N) is 4. The molecule has 1 fully saturated rings. The third-order valence-corrected chi connectivity index (χ3v) is 5.20. The van der Waals surface area contributed by atoms with Gasteiger partial charge in [0, 0.05) is 42.8 Å². The van der Waals surface area contributed by atoms with Crippen molar-refractivity contribution in [3.05, 3.63) is 52.3 Å². The number of carboxylic acids is 1. The third kappa shape index (κ3) is 4.64. The van der Waals surface area contributed by atoms with Crippen LogP contribution in [0.3, 0.4) is 0 Å². The first-order valence-electron chi connectivity index (χ1n) is 9.51. The van der Waals surface area contributed by atoms with Crippen molar-refractivity contribution in [2.45, 2.75) is 18.4 Å². The number of carbonyl (C=O) groups excluding carboxylic acids is 1. The standard InChI is InChI=1S/C22H19ClN6O3/c1-29(2)19-4-3-13(9-14(19)16(5-8-30)28-22(12-25)6-7-22)26-17-10-18(21(31)32)27-20(23)15(17)11-24/h3-5,8-10,28H,6-7H2,1-2H3,(H,26,27)(H,31,32)/b16-5+. The van der Waals surface area contributed by atoms with Crippen LogP contribution in [0.4, 0.5) is 17.1 Å². The number of allylic oxidation sites excluding steroid dienone is 1. The fraction of sp³-hybridized carbons (Fsp3) is 0.227. The Morgan fingerprint density at radius 1 is 1.31 bits per heavy atom. The van der Waals surface area contributed by atoms with E-state index in [0.717, 1.165) is 5.69 Å². The highest BCUT2D eigenvalue weighted by Gasteiger charge is 2.44. The first-order valence-corrected chi connectivity index (χ1v) is 9.89. The van der Waals surface area contributed by atoms with Crippen LogP contribution < -0.4 is 15.5 Å². The van der Waals surface area contributed by atoms with E-state index in [2.05, 4.69) is 21.7 Å². The number of carboxylic acid groups (broad SMARTS) is 1. The Labute approximate surface area is 189 Å². The van der Waals surface area contributed by atoms with Gasteiger partial charge in [0.15, 0.2) is 5.69 Å². The second-order valence-corrected chi connectivity index (χ2v) is 7.78. The molecule has 10 heteroatoms. The van der Waals surface area contributed by atoms with E-state index in [9.17, 15) is 25.2 Å². The Morgan fingerprint density at radius 3 is 2.56 bits per heavy atom. The molecule has 1 aliphatic rings. The number of aldehydes is 1. The van der Waals surface area contributed by atoms with Gasteiger partial charge in [-0.3, -0.25) is 4.79 Å². The van der Waals surface area contributed by atoms with Gasteiger partial charge in [-0.05, 0) is 37.1 Å². The summed E-state index contributed by atoms with van der Waals surface area (Å²) in [5, 5.41) is 34.1. The molecule has 3 N–H and O–H groups in total. The van der Waals surface area contributed by atoms with Crippen LogP contribution in [0.1, 0.15) is 34.5 Å². The summed E-state index contributed by atoms with van der Waals surface area (Å²) in [6.07, 6.45) is 3.35. The number of anilines is 3. The van der Waals surface area contributed by atoms with Crippen molar-refractivity contribution >= 4 is 46.6 Å². The van der Waals surface area contributed by atoms with E-state index in [-0.39, 0.29) is 22.1 Å². The summed E-state index contributed by atoms with van der Waals surface area (Å²) < 4.78 is 0. The SMILES string of the molecule is CN(C)c1ccc(Nc2cc(C(=O)O)nc(Cl)c2C#N)cc1/C(=C\C=O)NC1(C#N)CC1.